The van der Waals surface area contributed by atoms with E-state index in [1.54, 1.807) is 6.92 Å². The highest BCUT2D eigenvalue weighted by Gasteiger charge is 2.30. The first-order valence-electron chi connectivity index (χ1n) is 5.70. The largest absolute Gasteiger partial charge is 0.465 e. The molecule has 4 heteroatoms. The summed E-state index contributed by atoms with van der Waals surface area (Å²) in [6.45, 7) is 3.94. The topological polar surface area (TPSA) is 47.6 Å². The fourth-order valence-electron chi connectivity index (χ4n) is 1.87. The van der Waals surface area contributed by atoms with Crippen molar-refractivity contribution >= 4 is 5.97 Å². The number of rotatable bonds is 5. The van der Waals surface area contributed by atoms with E-state index in [1.807, 2.05) is 0 Å². The van der Waals surface area contributed by atoms with Crippen molar-refractivity contribution in [3.8, 4) is 12.3 Å². The minimum absolute atomic E-state index is 0.168. The van der Waals surface area contributed by atoms with Crippen LogP contribution in [-0.4, -0.2) is 38.4 Å². The Morgan fingerprint density at radius 2 is 2.56 bits per heavy atom. The Hall–Kier alpha value is -1.05. The van der Waals surface area contributed by atoms with Crippen LogP contribution < -0.4 is 5.32 Å². The maximum absolute atomic E-state index is 11.7. The molecule has 16 heavy (non-hydrogen) atoms. The van der Waals surface area contributed by atoms with Crippen LogP contribution in [0.15, 0.2) is 0 Å². The zero-order valence-electron chi connectivity index (χ0n) is 9.70. The molecule has 0 spiro atoms. The first-order valence-corrected chi connectivity index (χ1v) is 5.70. The highest BCUT2D eigenvalue weighted by atomic mass is 16.5. The van der Waals surface area contributed by atoms with Crippen molar-refractivity contribution in [2.45, 2.75) is 25.8 Å². The summed E-state index contributed by atoms with van der Waals surface area (Å²) < 4.78 is 10.4. The molecule has 0 radical (unpaired) electrons. The normalized spacial score (nSPS) is 22.1. The molecule has 0 saturated carbocycles. The number of hydrogen-bond donors (Lipinski definition) is 1. The Balaban J connectivity index is 2.54. The Kier molecular flexibility index (Phi) is 5.91. The van der Waals surface area contributed by atoms with Crippen LogP contribution in [0.2, 0.25) is 0 Å². The molecule has 1 rings (SSSR count). The molecule has 0 amide bonds. The summed E-state index contributed by atoms with van der Waals surface area (Å²) in [4.78, 5) is 11.7. The zero-order chi connectivity index (χ0) is 11.8. The predicted octanol–water partition coefficient (Wildman–Crippen LogP) is 0.567. The predicted molar refractivity (Wildman–Crippen MR) is 60.8 cm³/mol. The molecule has 1 aliphatic rings. The van der Waals surface area contributed by atoms with Crippen LogP contribution in [0.3, 0.4) is 0 Å². The summed E-state index contributed by atoms with van der Waals surface area (Å²) in [5.74, 6) is 2.41. The van der Waals surface area contributed by atoms with E-state index in [4.69, 9.17) is 15.9 Å². The van der Waals surface area contributed by atoms with Crippen molar-refractivity contribution in [3.05, 3.63) is 0 Å². The highest BCUT2D eigenvalue weighted by molar-refractivity contribution is 5.76. The second kappa shape index (κ2) is 7.26. The van der Waals surface area contributed by atoms with E-state index in [2.05, 4.69) is 11.2 Å². The molecule has 0 aliphatic carbocycles. The molecular formula is C12H19NO3. The SMILES string of the molecule is C#CCNC(C(=O)OCC)C1CCCOC1. The summed E-state index contributed by atoms with van der Waals surface area (Å²) in [7, 11) is 0. The summed E-state index contributed by atoms with van der Waals surface area (Å²) in [5.41, 5.74) is 0. The Bertz CT molecular complexity index is 253. The van der Waals surface area contributed by atoms with Gasteiger partial charge < -0.3 is 9.47 Å². The first kappa shape index (κ1) is 13.0. The van der Waals surface area contributed by atoms with E-state index in [-0.39, 0.29) is 17.9 Å². The molecular weight excluding hydrogens is 206 g/mol. The van der Waals surface area contributed by atoms with Gasteiger partial charge in [-0.05, 0) is 19.8 Å². The number of hydrogen-bond acceptors (Lipinski definition) is 4. The standard InChI is InChI=1S/C12H19NO3/c1-3-7-13-11(12(14)16-4-2)10-6-5-8-15-9-10/h1,10-11,13H,4-9H2,2H3. The van der Waals surface area contributed by atoms with Gasteiger partial charge >= 0.3 is 5.97 Å². The van der Waals surface area contributed by atoms with Gasteiger partial charge in [0.2, 0.25) is 0 Å². The minimum atomic E-state index is -0.337. The van der Waals surface area contributed by atoms with Crippen LogP contribution >= 0.6 is 0 Å². The Morgan fingerprint density at radius 3 is 3.12 bits per heavy atom. The van der Waals surface area contributed by atoms with Crippen molar-refractivity contribution in [1.82, 2.24) is 5.32 Å². The van der Waals surface area contributed by atoms with Crippen molar-refractivity contribution < 1.29 is 14.3 Å². The van der Waals surface area contributed by atoms with Gasteiger partial charge in [-0.3, -0.25) is 10.1 Å². The smallest absolute Gasteiger partial charge is 0.323 e. The third-order valence-electron chi connectivity index (χ3n) is 2.63. The molecule has 4 nitrogen and oxygen atoms in total. The molecule has 1 fully saturated rings. The van der Waals surface area contributed by atoms with Crippen LogP contribution in [0.5, 0.6) is 0 Å². The molecule has 0 aromatic carbocycles. The molecule has 90 valence electrons. The molecule has 1 N–H and O–H groups in total. The quantitative estimate of drug-likeness (QED) is 0.549. The molecule has 1 aliphatic heterocycles. The first-order chi connectivity index (χ1) is 7.79. The average Bonchev–Trinajstić information content (AvgIpc) is 2.31. The number of carbonyl (C=O) groups is 1. The van der Waals surface area contributed by atoms with Crippen LogP contribution in [0, 0.1) is 18.3 Å². The molecule has 2 atom stereocenters. The second-order valence-corrected chi connectivity index (χ2v) is 3.79. The molecule has 0 aromatic rings. The fourth-order valence-corrected chi connectivity index (χ4v) is 1.87. The van der Waals surface area contributed by atoms with Crippen molar-refractivity contribution in [3.63, 3.8) is 0 Å². The number of ether oxygens (including phenoxy) is 2. The number of esters is 1. The van der Waals surface area contributed by atoms with Gasteiger partial charge in [0.1, 0.15) is 6.04 Å². The van der Waals surface area contributed by atoms with Crippen molar-refractivity contribution in [2.24, 2.45) is 5.92 Å². The molecule has 1 saturated heterocycles. The van der Waals surface area contributed by atoms with Gasteiger partial charge in [-0.25, -0.2) is 0 Å². The third-order valence-corrected chi connectivity index (χ3v) is 2.63. The summed E-state index contributed by atoms with van der Waals surface area (Å²) >= 11 is 0. The van der Waals surface area contributed by atoms with Crippen molar-refractivity contribution in [1.29, 1.82) is 0 Å². The third kappa shape index (κ3) is 3.84. The highest BCUT2D eigenvalue weighted by Crippen LogP contribution is 2.18. The lowest BCUT2D eigenvalue weighted by molar-refractivity contribution is -0.148. The van der Waals surface area contributed by atoms with Gasteiger partial charge in [-0.1, -0.05) is 5.92 Å². The lowest BCUT2D eigenvalue weighted by Crippen LogP contribution is -2.46. The summed E-state index contributed by atoms with van der Waals surface area (Å²) in [6.07, 6.45) is 7.14. The van der Waals surface area contributed by atoms with Crippen LogP contribution in [0.1, 0.15) is 19.8 Å². The van der Waals surface area contributed by atoms with Gasteiger partial charge in [0.25, 0.3) is 0 Å². The molecule has 0 bridgehead atoms. The van der Waals surface area contributed by atoms with Gasteiger partial charge in [-0.15, -0.1) is 6.42 Å². The van der Waals surface area contributed by atoms with E-state index in [1.165, 1.54) is 0 Å². The number of nitrogens with one attached hydrogen (secondary N) is 1. The molecule has 0 aromatic heterocycles. The molecule has 1 heterocycles. The zero-order valence-corrected chi connectivity index (χ0v) is 9.70. The van der Waals surface area contributed by atoms with Gasteiger partial charge in [0.15, 0.2) is 0 Å². The van der Waals surface area contributed by atoms with E-state index in [0.29, 0.717) is 19.8 Å². The Labute approximate surface area is 96.7 Å². The average molecular weight is 225 g/mol. The number of carbonyl (C=O) groups excluding carboxylic acids is 1. The Morgan fingerprint density at radius 1 is 1.75 bits per heavy atom. The maximum Gasteiger partial charge on any atom is 0.323 e. The van der Waals surface area contributed by atoms with E-state index in [9.17, 15) is 4.79 Å². The van der Waals surface area contributed by atoms with Crippen LogP contribution in [-0.2, 0) is 14.3 Å². The second-order valence-electron chi connectivity index (χ2n) is 3.79. The van der Waals surface area contributed by atoms with Crippen molar-refractivity contribution in [2.75, 3.05) is 26.4 Å². The summed E-state index contributed by atoms with van der Waals surface area (Å²) in [5, 5.41) is 3.03. The maximum atomic E-state index is 11.7. The minimum Gasteiger partial charge on any atom is -0.465 e. The lowest BCUT2D eigenvalue weighted by atomic mass is 9.93. The van der Waals surface area contributed by atoms with Gasteiger partial charge in [-0.2, -0.15) is 0 Å². The van der Waals surface area contributed by atoms with Crippen LogP contribution in [0.4, 0.5) is 0 Å². The van der Waals surface area contributed by atoms with Crippen LogP contribution in [0.25, 0.3) is 0 Å². The van der Waals surface area contributed by atoms with E-state index in [0.717, 1.165) is 19.4 Å². The number of terminal acetylenes is 1. The molecule has 2 unspecified atom stereocenters. The van der Waals surface area contributed by atoms with E-state index < -0.39 is 0 Å². The van der Waals surface area contributed by atoms with Gasteiger partial charge in [0.05, 0.1) is 19.8 Å². The van der Waals surface area contributed by atoms with E-state index >= 15 is 0 Å². The summed E-state index contributed by atoms with van der Waals surface area (Å²) in [6, 6.07) is -0.337. The lowest BCUT2D eigenvalue weighted by Gasteiger charge is -2.28. The monoisotopic (exact) mass is 225 g/mol. The van der Waals surface area contributed by atoms with Gasteiger partial charge in [0, 0.05) is 12.5 Å². The fraction of sp³-hybridized carbons (Fsp3) is 0.750.